The van der Waals surface area contributed by atoms with Crippen molar-refractivity contribution >= 4 is 27.4 Å². The molecule has 1 aliphatic rings. The minimum absolute atomic E-state index is 0.0897. The number of ether oxygens (including phenoxy) is 1. The lowest BCUT2D eigenvalue weighted by Crippen LogP contribution is -2.48. The van der Waals surface area contributed by atoms with Crippen LogP contribution in [-0.2, 0) is 14.8 Å². The molecule has 1 amide bonds. The molecule has 1 atom stereocenters. The lowest BCUT2D eigenvalue weighted by Gasteiger charge is -2.33. The van der Waals surface area contributed by atoms with Gasteiger partial charge in [-0.25, -0.2) is 13.4 Å². The number of amides is 1. The van der Waals surface area contributed by atoms with Crippen LogP contribution < -0.4 is 14.4 Å². The fraction of sp³-hybridized carbons (Fsp3) is 0.250. The summed E-state index contributed by atoms with van der Waals surface area (Å²) in [4.78, 5) is 16.6. The van der Waals surface area contributed by atoms with E-state index in [4.69, 9.17) is 4.74 Å². The summed E-state index contributed by atoms with van der Waals surface area (Å²) in [6.07, 6.45) is 1.71. The molecule has 7 nitrogen and oxygen atoms in total. The molecule has 3 rings (SSSR count). The van der Waals surface area contributed by atoms with Gasteiger partial charge >= 0.3 is 0 Å². The van der Waals surface area contributed by atoms with E-state index in [1.807, 2.05) is 13.0 Å². The molecule has 1 unspecified atom stereocenters. The predicted molar refractivity (Wildman–Crippen MR) is 90.7 cm³/mol. The quantitative estimate of drug-likeness (QED) is 0.910. The molecule has 8 heteroatoms. The summed E-state index contributed by atoms with van der Waals surface area (Å²) in [5.41, 5.74) is 1.24. The van der Waals surface area contributed by atoms with E-state index in [0.29, 0.717) is 17.3 Å². The molecule has 126 valence electrons. The van der Waals surface area contributed by atoms with E-state index in [9.17, 15) is 13.2 Å². The molecule has 2 heterocycles. The number of hydrogen-bond donors (Lipinski definition) is 1. The topological polar surface area (TPSA) is 88.6 Å². The Morgan fingerprint density at radius 1 is 1.29 bits per heavy atom. The highest BCUT2D eigenvalue weighted by Gasteiger charge is 2.35. The molecular weight excluding hydrogens is 330 g/mol. The van der Waals surface area contributed by atoms with Gasteiger partial charge in [0.15, 0.2) is 6.10 Å². The minimum Gasteiger partial charge on any atom is -0.476 e. The molecule has 0 radical (unpaired) electrons. The molecule has 2 aromatic rings. The molecule has 1 aliphatic heterocycles. The molecule has 1 aromatic carbocycles. The highest BCUT2D eigenvalue weighted by molar-refractivity contribution is 7.92. The average Bonchev–Trinajstić information content (AvgIpc) is 2.55. The number of anilines is 2. The van der Waals surface area contributed by atoms with Gasteiger partial charge in [0, 0.05) is 6.20 Å². The van der Waals surface area contributed by atoms with Gasteiger partial charge in [-0.15, -0.1) is 0 Å². The van der Waals surface area contributed by atoms with Crippen LogP contribution in [0.5, 0.6) is 5.75 Å². The number of hydrogen-bond acceptors (Lipinski definition) is 5. The number of carbonyl (C=O) groups is 1. The first-order valence-electron chi connectivity index (χ1n) is 7.32. The SMILES string of the molecule is Cc1cccnc1NC(=O)C1CN(S(C)(=O)=O)c2ccccc2O1. The lowest BCUT2D eigenvalue weighted by atomic mass is 10.2. The second-order valence-electron chi connectivity index (χ2n) is 5.53. The first-order valence-corrected chi connectivity index (χ1v) is 9.17. The van der Waals surface area contributed by atoms with Crippen LogP contribution >= 0.6 is 0 Å². The number of pyridine rings is 1. The fourth-order valence-corrected chi connectivity index (χ4v) is 3.38. The third kappa shape index (κ3) is 3.18. The van der Waals surface area contributed by atoms with Gasteiger partial charge in [-0.3, -0.25) is 9.10 Å². The van der Waals surface area contributed by atoms with E-state index in [1.54, 1.807) is 36.5 Å². The van der Waals surface area contributed by atoms with Crippen molar-refractivity contribution in [3.05, 3.63) is 48.2 Å². The molecule has 1 aromatic heterocycles. The Balaban J connectivity index is 1.88. The van der Waals surface area contributed by atoms with Crippen LogP contribution in [-0.4, -0.2) is 38.2 Å². The van der Waals surface area contributed by atoms with Crippen molar-refractivity contribution in [3.63, 3.8) is 0 Å². The average molecular weight is 347 g/mol. The van der Waals surface area contributed by atoms with Crippen LogP contribution in [0.15, 0.2) is 42.6 Å². The summed E-state index contributed by atoms with van der Waals surface area (Å²) in [5.74, 6) is 0.336. The van der Waals surface area contributed by atoms with E-state index in [-0.39, 0.29) is 6.54 Å². The number of nitrogens with one attached hydrogen (secondary N) is 1. The predicted octanol–water partition coefficient (Wildman–Crippen LogP) is 1.56. The summed E-state index contributed by atoms with van der Waals surface area (Å²) >= 11 is 0. The molecule has 0 spiro atoms. The zero-order chi connectivity index (χ0) is 17.3. The Labute approximate surface area is 140 Å². The standard InChI is InChI=1S/C16H17N3O4S/c1-11-6-5-9-17-15(11)18-16(20)14-10-19(24(2,21)22)12-7-3-4-8-13(12)23-14/h3-9,14H,10H2,1-2H3,(H,17,18,20). The Bertz CT molecular complexity index is 882. The number of carbonyl (C=O) groups excluding carboxylic acids is 1. The van der Waals surface area contributed by atoms with Gasteiger partial charge in [0.25, 0.3) is 5.91 Å². The maximum Gasteiger partial charge on any atom is 0.268 e. The van der Waals surface area contributed by atoms with E-state index in [1.165, 1.54) is 4.31 Å². The molecule has 1 N–H and O–H groups in total. The summed E-state index contributed by atoms with van der Waals surface area (Å²) in [6.45, 7) is 1.73. The van der Waals surface area contributed by atoms with Gasteiger partial charge in [-0.05, 0) is 30.7 Å². The molecule has 0 bridgehead atoms. The molecule has 0 saturated carbocycles. The maximum absolute atomic E-state index is 12.5. The first-order chi connectivity index (χ1) is 11.4. The van der Waals surface area contributed by atoms with Crippen molar-refractivity contribution in [1.29, 1.82) is 0 Å². The number of sulfonamides is 1. The number of rotatable bonds is 3. The first kappa shape index (κ1) is 16.3. The van der Waals surface area contributed by atoms with Crippen molar-refractivity contribution in [2.24, 2.45) is 0 Å². The van der Waals surface area contributed by atoms with E-state index in [0.717, 1.165) is 11.8 Å². The lowest BCUT2D eigenvalue weighted by molar-refractivity contribution is -0.122. The van der Waals surface area contributed by atoms with E-state index >= 15 is 0 Å². The number of para-hydroxylation sites is 2. The summed E-state index contributed by atoms with van der Waals surface area (Å²) < 4.78 is 31.0. The molecule has 0 aliphatic carbocycles. The normalized spacial score (nSPS) is 16.9. The van der Waals surface area contributed by atoms with Gasteiger partial charge in [0.2, 0.25) is 10.0 Å². The van der Waals surface area contributed by atoms with Crippen molar-refractivity contribution in [2.75, 3.05) is 22.4 Å². The Kier molecular flexibility index (Phi) is 4.15. The Morgan fingerprint density at radius 3 is 2.75 bits per heavy atom. The molecule has 0 saturated heterocycles. The van der Waals surface area contributed by atoms with Crippen molar-refractivity contribution in [2.45, 2.75) is 13.0 Å². The summed E-state index contributed by atoms with van der Waals surface area (Å²) in [7, 11) is -3.53. The molecule has 24 heavy (non-hydrogen) atoms. The Morgan fingerprint density at radius 2 is 2.04 bits per heavy atom. The number of benzene rings is 1. The monoisotopic (exact) mass is 347 g/mol. The van der Waals surface area contributed by atoms with Gasteiger partial charge in [-0.2, -0.15) is 0 Å². The van der Waals surface area contributed by atoms with Gasteiger partial charge in [-0.1, -0.05) is 18.2 Å². The van der Waals surface area contributed by atoms with Crippen LogP contribution in [0.25, 0.3) is 0 Å². The largest absolute Gasteiger partial charge is 0.476 e. The molecular formula is C16H17N3O4S. The van der Waals surface area contributed by atoms with Gasteiger partial charge in [0.05, 0.1) is 18.5 Å². The fourth-order valence-electron chi connectivity index (χ4n) is 2.47. The maximum atomic E-state index is 12.5. The highest BCUT2D eigenvalue weighted by atomic mass is 32.2. The van der Waals surface area contributed by atoms with Crippen LogP contribution in [0.1, 0.15) is 5.56 Å². The second kappa shape index (κ2) is 6.12. The van der Waals surface area contributed by atoms with Crippen LogP contribution in [0.3, 0.4) is 0 Å². The van der Waals surface area contributed by atoms with E-state index < -0.39 is 22.0 Å². The van der Waals surface area contributed by atoms with Gasteiger partial charge < -0.3 is 10.1 Å². The zero-order valence-corrected chi connectivity index (χ0v) is 14.1. The second-order valence-corrected chi connectivity index (χ2v) is 7.43. The number of aryl methyl sites for hydroxylation is 1. The number of nitrogens with zero attached hydrogens (tertiary/aromatic N) is 2. The van der Waals surface area contributed by atoms with Crippen LogP contribution in [0.4, 0.5) is 11.5 Å². The molecule has 0 fully saturated rings. The smallest absolute Gasteiger partial charge is 0.268 e. The summed E-state index contributed by atoms with van der Waals surface area (Å²) in [5, 5.41) is 2.69. The van der Waals surface area contributed by atoms with Crippen LogP contribution in [0, 0.1) is 6.92 Å². The Hall–Kier alpha value is -2.61. The third-order valence-corrected chi connectivity index (χ3v) is 4.83. The van der Waals surface area contributed by atoms with Crippen molar-refractivity contribution in [1.82, 2.24) is 4.98 Å². The number of fused-ring (bicyclic) bond motifs is 1. The number of aromatic nitrogens is 1. The third-order valence-electron chi connectivity index (χ3n) is 3.68. The van der Waals surface area contributed by atoms with Crippen molar-refractivity contribution in [3.8, 4) is 5.75 Å². The van der Waals surface area contributed by atoms with Crippen molar-refractivity contribution < 1.29 is 17.9 Å². The van der Waals surface area contributed by atoms with Gasteiger partial charge in [0.1, 0.15) is 11.6 Å². The zero-order valence-electron chi connectivity index (χ0n) is 13.3. The van der Waals surface area contributed by atoms with Crippen LogP contribution in [0.2, 0.25) is 0 Å². The summed E-state index contributed by atoms with van der Waals surface area (Å²) in [6, 6.07) is 10.3. The highest BCUT2D eigenvalue weighted by Crippen LogP contribution is 2.34. The van der Waals surface area contributed by atoms with E-state index in [2.05, 4.69) is 10.3 Å². The minimum atomic E-state index is -3.53.